The molecule has 2 rings (SSSR count). The number of benzene rings is 1. The van der Waals surface area contributed by atoms with Gasteiger partial charge in [0.15, 0.2) is 0 Å². The molecular formula is C13H14F2N2O3. The Balaban J connectivity index is 2.23. The summed E-state index contributed by atoms with van der Waals surface area (Å²) in [7, 11) is 0. The molecule has 0 aromatic heterocycles. The number of aryl methyl sites for hydroxylation is 1. The Kier molecular flexibility index (Phi) is 3.96. The van der Waals surface area contributed by atoms with Crippen LogP contribution in [0.2, 0.25) is 0 Å². The summed E-state index contributed by atoms with van der Waals surface area (Å²) < 4.78 is 25.0. The average molecular weight is 284 g/mol. The van der Waals surface area contributed by atoms with Crippen LogP contribution >= 0.6 is 0 Å². The lowest BCUT2D eigenvalue weighted by atomic mass is 10.1. The van der Waals surface area contributed by atoms with Gasteiger partial charge in [-0.25, -0.2) is 8.78 Å². The Morgan fingerprint density at radius 1 is 1.50 bits per heavy atom. The number of alkyl halides is 2. The van der Waals surface area contributed by atoms with Crippen molar-refractivity contribution in [2.45, 2.75) is 32.2 Å². The van der Waals surface area contributed by atoms with E-state index in [1.807, 2.05) is 0 Å². The lowest BCUT2D eigenvalue weighted by molar-refractivity contribution is -0.385. The number of nitrogens with zero attached hydrogens (tertiary/aromatic N) is 2. The molecule has 108 valence electrons. The van der Waals surface area contributed by atoms with E-state index in [2.05, 4.69) is 0 Å². The van der Waals surface area contributed by atoms with Crippen LogP contribution in [0.25, 0.3) is 0 Å². The second-order valence-corrected chi connectivity index (χ2v) is 4.84. The Hall–Kier alpha value is -2.05. The molecule has 1 aliphatic carbocycles. The van der Waals surface area contributed by atoms with E-state index < -0.39 is 23.8 Å². The van der Waals surface area contributed by atoms with Gasteiger partial charge in [-0.1, -0.05) is 0 Å². The summed E-state index contributed by atoms with van der Waals surface area (Å²) in [6.07, 6.45) is -1.13. The number of nitro benzene ring substituents is 1. The van der Waals surface area contributed by atoms with Crippen molar-refractivity contribution in [3.63, 3.8) is 0 Å². The van der Waals surface area contributed by atoms with Crippen LogP contribution in [0.3, 0.4) is 0 Å². The van der Waals surface area contributed by atoms with Gasteiger partial charge in [-0.2, -0.15) is 0 Å². The van der Waals surface area contributed by atoms with Gasteiger partial charge in [0, 0.05) is 23.2 Å². The SMILES string of the molecule is Cc1cc(C(=O)N(CC(F)F)C2CC2)ccc1[N+](=O)[O-]. The largest absolute Gasteiger partial charge is 0.330 e. The van der Waals surface area contributed by atoms with Gasteiger partial charge >= 0.3 is 0 Å². The van der Waals surface area contributed by atoms with Crippen LogP contribution in [-0.2, 0) is 0 Å². The summed E-state index contributed by atoms with van der Waals surface area (Å²) >= 11 is 0. The van der Waals surface area contributed by atoms with Gasteiger partial charge in [0.05, 0.1) is 11.5 Å². The standard InChI is InChI=1S/C13H14F2N2O3/c1-8-6-9(2-5-11(8)17(19)20)13(18)16(7-12(14)15)10-3-4-10/h2,5-6,10,12H,3-4,7H2,1H3. The second-order valence-electron chi connectivity index (χ2n) is 4.84. The van der Waals surface area contributed by atoms with Crippen molar-refractivity contribution < 1.29 is 18.5 Å². The maximum absolute atomic E-state index is 12.5. The van der Waals surface area contributed by atoms with Gasteiger partial charge in [-0.3, -0.25) is 14.9 Å². The molecule has 1 aromatic rings. The van der Waals surface area contributed by atoms with Crippen molar-refractivity contribution in [1.29, 1.82) is 0 Å². The molecule has 0 heterocycles. The van der Waals surface area contributed by atoms with E-state index in [0.29, 0.717) is 5.56 Å². The molecule has 1 aliphatic rings. The van der Waals surface area contributed by atoms with E-state index in [9.17, 15) is 23.7 Å². The minimum atomic E-state index is -2.58. The molecule has 20 heavy (non-hydrogen) atoms. The smallest absolute Gasteiger partial charge is 0.272 e. The van der Waals surface area contributed by atoms with Gasteiger partial charge in [0.25, 0.3) is 18.0 Å². The molecule has 0 spiro atoms. The molecule has 0 aliphatic heterocycles. The molecule has 1 fully saturated rings. The summed E-state index contributed by atoms with van der Waals surface area (Å²) in [5, 5.41) is 10.7. The quantitative estimate of drug-likeness (QED) is 0.617. The van der Waals surface area contributed by atoms with E-state index in [4.69, 9.17) is 0 Å². The Morgan fingerprint density at radius 2 is 2.15 bits per heavy atom. The van der Waals surface area contributed by atoms with E-state index >= 15 is 0 Å². The topological polar surface area (TPSA) is 63.5 Å². The predicted molar refractivity (Wildman–Crippen MR) is 67.9 cm³/mol. The number of hydrogen-bond acceptors (Lipinski definition) is 3. The molecule has 7 heteroatoms. The number of carbonyl (C=O) groups excluding carboxylic acids is 1. The van der Waals surface area contributed by atoms with Crippen molar-refractivity contribution in [3.8, 4) is 0 Å². The lowest BCUT2D eigenvalue weighted by Crippen LogP contribution is -2.37. The summed E-state index contributed by atoms with van der Waals surface area (Å²) in [5.74, 6) is -0.495. The summed E-state index contributed by atoms with van der Waals surface area (Å²) in [6.45, 7) is 0.920. The highest BCUT2D eigenvalue weighted by atomic mass is 19.3. The van der Waals surface area contributed by atoms with E-state index in [1.54, 1.807) is 0 Å². The van der Waals surface area contributed by atoms with Crippen molar-refractivity contribution in [2.75, 3.05) is 6.54 Å². The summed E-state index contributed by atoms with van der Waals surface area (Å²) in [6, 6.07) is 3.79. The van der Waals surface area contributed by atoms with Crippen molar-refractivity contribution in [3.05, 3.63) is 39.4 Å². The lowest BCUT2D eigenvalue weighted by Gasteiger charge is -2.22. The fourth-order valence-electron chi connectivity index (χ4n) is 2.09. The first-order chi connectivity index (χ1) is 9.40. The van der Waals surface area contributed by atoms with Crippen LogP contribution < -0.4 is 0 Å². The molecule has 1 saturated carbocycles. The third-order valence-corrected chi connectivity index (χ3v) is 3.22. The molecule has 0 N–H and O–H groups in total. The summed E-state index contributed by atoms with van der Waals surface area (Å²) in [5.41, 5.74) is 0.461. The highest BCUT2D eigenvalue weighted by Crippen LogP contribution is 2.29. The van der Waals surface area contributed by atoms with E-state index in [1.165, 1.54) is 25.1 Å². The molecule has 0 saturated heterocycles. The molecule has 0 bridgehead atoms. The molecular weight excluding hydrogens is 270 g/mol. The third-order valence-electron chi connectivity index (χ3n) is 3.22. The Morgan fingerprint density at radius 3 is 2.60 bits per heavy atom. The van der Waals surface area contributed by atoms with Crippen LogP contribution in [0.4, 0.5) is 14.5 Å². The zero-order valence-electron chi connectivity index (χ0n) is 10.9. The monoisotopic (exact) mass is 284 g/mol. The van der Waals surface area contributed by atoms with Crippen molar-refractivity contribution >= 4 is 11.6 Å². The van der Waals surface area contributed by atoms with Gasteiger partial charge < -0.3 is 4.90 Å². The van der Waals surface area contributed by atoms with Gasteiger partial charge in [-0.05, 0) is 31.9 Å². The van der Waals surface area contributed by atoms with Crippen molar-refractivity contribution in [2.24, 2.45) is 0 Å². The fourth-order valence-corrected chi connectivity index (χ4v) is 2.09. The number of rotatable bonds is 5. The Labute approximate surface area is 114 Å². The fraction of sp³-hybridized carbons (Fsp3) is 0.462. The van der Waals surface area contributed by atoms with E-state index in [0.717, 1.165) is 17.7 Å². The minimum Gasteiger partial charge on any atom is -0.330 e. The normalized spacial score (nSPS) is 14.4. The van der Waals surface area contributed by atoms with Crippen LogP contribution in [0, 0.1) is 17.0 Å². The number of carbonyl (C=O) groups is 1. The third kappa shape index (κ3) is 3.09. The summed E-state index contributed by atoms with van der Waals surface area (Å²) in [4.78, 5) is 23.5. The number of nitro groups is 1. The molecule has 5 nitrogen and oxygen atoms in total. The number of amides is 1. The first-order valence-corrected chi connectivity index (χ1v) is 6.24. The highest BCUT2D eigenvalue weighted by molar-refractivity contribution is 5.95. The molecule has 0 unspecified atom stereocenters. The Bertz CT molecular complexity index is 544. The molecule has 1 aromatic carbocycles. The highest BCUT2D eigenvalue weighted by Gasteiger charge is 2.34. The predicted octanol–water partition coefficient (Wildman–Crippen LogP) is 2.77. The minimum absolute atomic E-state index is 0.0895. The first-order valence-electron chi connectivity index (χ1n) is 6.24. The first kappa shape index (κ1) is 14.4. The van der Waals surface area contributed by atoms with Crippen LogP contribution in [-0.4, -0.2) is 34.7 Å². The molecule has 0 radical (unpaired) electrons. The van der Waals surface area contributed by atoms with Gasteiger partial charge in [0.2, 0.25) is 0 Å². The maximum atomic E-state index is 12.5. The maximum Gasteiger partial charge on any atom is 0.272 e. The number of hydrogen-bond donors (Lipinski definition) is 0. The van der Waals surface area contributed by atoms with Crippen LogP contribution in [0.15, 0.2) is 18.2 Å². The van der Waals surface area contributed by atoms with Gasteiger partial charge in [0.1, 0.15) is 0 Å². The average Bonchev–Trinajstić information content (AvgIpc) is 3.18. The van der Waals surface area contributed by atoms with Crippen molar-refractivity contribution in [1.82, 2.24) is 4.90 Å². The number of halogens is 2. The molecule has 0 atom stereocenters. The zero-order valence-corrected chi connectivity index (χ0v) is 10.9. The molecule has 1 amide bonds. The van der Waals surface area contributed by atoms with Gasteiger partial charge in [-0.15, -0.1) is 0 Å². The van der Waals surface area contributed by atoms with Crippen LogP contribution in [0.5, 0.6) is 0 Å². The second kappa shape index (κ2) is 5.52. The zero-order chi connectivity index (χ0) is 14.9. The van der Waals surface area contributed by atoms with Crippen LogP contribution in [0.1, 0.15) is 28.8 Å². The van der Waals surface area contributed by atoms with E-state index in [-0.39, 0.29) is 17.3 Å².